The SMILES string of the molecule is COc1cc2cc(C(=O)O)oc2c(N)c1OC. The molecule has 0 radical (unpaired) electrons. The average Bonchev–Trinajstić information content (AvgIpc) is 2.73. The van der Waals surface area contributed by atoms with Gasteiger partial charge in [0.05, 0.1) is 14.2 Å². The molecule has 0 atom stereocenters. The molecule has 2 rings (SSSR count). The van der Waals surface area contributed by atoms with Crippen LogP contribution in [-0.4, -0.2) is 25.3 Å². The second-order valence-electron chi connectivity index (χ2n) is 3.36. The van der Waals surface area contributed by atoms with Crippen molar-refractivity contribution in [3.8, 4) is 11.5 Å². The smallest absolute Gasteiger partial charge is 0.371 e. The Morgan fingerprint density at radius 3 is 2.59 bits per heavy atom. The van der Waals surface area contributed by atoms with Crippen molar-refractivity contribution in [3.63, 3.8) is 0 Å². The normalized spacial score (nSPS) is 10.5. The molecule has 0 saturated carbocycles. The zero-order valence-corrected chi connectivity index (χ0v) is 9.31. The van der Waals surface area contributed by atoms with Gasteiger partial charge in [0.2, 0.25) is 5.76 Å². The number of hydrogen-bond donors (Lipinski definition) is 2. The summed E-state index contributed by atoms with van der Waals surface area (Å²) in [6.45, 7) is 0. The number of methoxy groups -OCH3 is 2. The first-order valence-corrected chi connectivity index (χ1v) is 4.75. The third-order valence-electron chi connectivity index (χ3n) is 2.40. The Balaban J connectivity index is 2.76. The zero-order valence-electron chi connectivity index (χ0n) is 9.31. The lowest BCUT2D eigenvalue weighted by molar-refractivity contribution is 0.0665. The minimum atomic E-state index is -1.15. The summed E-state index contributed by atoms with van der Waals surface area (Å²) in [6.07, 6.45) is 0. The Kier molecular flexibility index (Phi) is 2.55. The van der Waals surface area contributed by atoms with Gasteiger partial charge in [-0.3, -0.25) is 0 Å². The Bertz CT molecular complexity index is 587. The van der Waals surface area contributed by atoms with Crippen LogP contribution < -0.4 is 15.2 Å². The van der Waals surface area contributed by atoms with E-state index in [0.717, 1.165) is 0 Å². The number of furan rings is 1. The second kappa shape index (κ2) is 3.89. The van der Waals surface area contributed by atoms with Crippen LogP contribution in [0.2, 0.25) is 0 Å². The van der Waals surface area contributed by atoms with Crippen LogP contribution in [-0.2, 0) is 0 Å². The van der Waals surface area contributed by atoms with Crippen LogP contribution in [0.25, 0.3) is 11.0 Å². The minimum Gasteiger partial charge on any atom is -0.493 e. The molecule has 0 amide bonds. The van der Waals surface area contributed by atoms with Crippen molar-refractivity contribution in [1.29, 1.82) is 0 Å². The average molecular weight is 237 g/mol. The van der Waals surface area contributed by atoms with Crippen molar-refractivity contribution in [1.82, 2.24) is 0 Å². The summed E-state index contributed by atoms with van der Waals surface area (Å²) in [4.78, 5) is 10.8. The van der Waals surface area contributed by atoms with E-state index >= 15 is 0 Å². The first-order chi connectivity index (χ1) is 8.08. The van der Waals surface area contributed by atoms with Crippen molar-refractivity contribution in [2.75, 3.05) is 20.0 Å². The van der Waals surface area contributed by atoms with Crippen LogP contribution in [0.1, 0.15) is 10.6 Å². The summed E-state index contributed by atoms with van der Waals surface area (Å²) in [5, 5.41) is 9.39. The number of nitrogen functional groups attached to an aromatic ring is 1. The lowest BCUT2D eigenvalue weighted by Gasteiger charge is -2.09. The van der Waals surface area contributed by atoms with Gasteiger partial charge in [-0.05, 0) is 12.1 Å². The van der Waals surface area contributed by atoms with Gasteiger partial charge in [-0.2, -0.15) is 0 Å². The molecule has 0 spiro atoms. The molecule has 6 heteroatoms. The topological polar surface area (TPSA) is 94.9 Å². The number of carboxylic acid groups (broad SMARTS) is 1. The molecule has 6 nitrogen and oxygen atoms in total. The molecule has 0 aliphatic heterocycles. The number of nitrogens with two attached hydrogens (primary N) is 1. The Labute approximate surface area is 96.5 Å². The molecule has 1 aromatic heterocycles. The molecule has 0 aliphatic rings. The lowest BCUT2D eigenvalue weighted by Crippen LogP contribution is -1.96. The number of aromatic carboxylic acids is 1. The van der Waals surface area contributed by atoms with Crippen molar-refractivity contribution in [2.24, 2.45) is 0 Å². The van der Waals surface area contributed by atoms with E-state index in [1.54, 1.807) is 6.07 Å². The van der Waals surface area contributed by atoms with E-state index < -0.39 is 5.97 Å². The molecule has 0 aliphatic carbocycles. The van der Waals surface area contributed by atoms with Gasteiger partial charge >= 0.3 is 5.97 Å². The Morgan fingerprint density at radius 2 is 2.06 bits per heavy atom. The number of rotatable bonds is 3. The maximum Gasteiger partial charge on any atom is 0.371 e. The minimum absolute atomic E-state index is 0.179. The van der Waals surface area contributed by atoms with Gasteiger partial charge in [0.15, 0.2) is 17.1 Å². The summed E-state index contributed by atoms with van der Waals surface area (Å²) < 4.78 is 15.3. The van der Waals surface area contributed by atoms with Gasteiger partial charge in [0.1, 0.15) is 5.69 Å². The molecule has 90 valence electrons. The van der Waals surface area contributed by atoms with Crippen LogP contribution in [0.5, 0.6) is 11.5 Å². The molecule has 0 saturated heterocycles. The summed E-state index contributed by atoms with van der Waals surface area (Å²) in [5.74, 6) is -0.581. The summed E-state index contributed by atoms with van der Waals surface area (Å²) in [6, 6.07) is 3.00. The van der Waals surface area contributed by atoms with E-state index in [0.29, 0.717) is 16.9 Å². The maximum absolute atomic E-state index is 10.8. The molecule has 0 bridgehead atoms. The van der Waals surface area contributed by atoms with E-state index in [2.05, 4.69) is 0 Å². The highest BCUT2D eigenvalue weighted by atomic mass is 16.5. The van der Waals surface area contributed by atoms with Gasteiger partial charge in [-0.25, -0.2) is 4.79 Å². The van der Waals surface area contributed by atoms with E-state index in [4.69, 9.17) is 24.7 Å². The molecule has 1 heterocycles. The highest BCUT2D eigenvalue weighted by molar-refractivity contribution is 5.98. The first-order valence-electron chi connectivity index (χ1n) is 4.75. The quantitative estimate of drug-likeness (QED) is 0.789. The van der Waals surface area contributed by atoms with E-state index in [-0.39, 0.29) is 17.0 Å². The summed E-state index contributed by atoms with van der Waals surface area (Å²) >= 11 is 0. The fourth-order valence-electron chi connectivity index (χ4n) is 1.63. The van der Waals surface area contributed by atoms with Crippen LogP contribution in [0.15, 0.2) is 16.5 Å². The van der Waals surface area contributed by atoms with Gasteiger partial charge < -0.3 is 24.7 Å². The van der Waals surface area contributed by atoms with Crippen LogP contribution >= 0.6 is 0 Å². The van der Waals surface area contributed by atoms with Crippen molar-refractivity contribution in [3.05, 3.63) is 17.9 Å². The fraction of sp³-hybridized carbons (Fsp3) is 0.182. The lowest BCUT2D eigenvalue weighted by atomic mass is 10.2. The Hall–Kier alpha value is -2.37. The monoisotopic (exact) mass is 237 g/mol. The molecule has 0 unspecified atom stereocenters. The molecule has 1 aromatic carbocycles. The fourth-order valence-corrected chi connectivity index (χ4v) is 1.63. The van der Waals surface area contributed by atoms with Crippen molar-refractivity contribution in [2.45, 2.75) is 0 Å². The van der Waals surface area contributed by atoms with Gasteiger partial charge in [-0.15, -0.1) is 0 Å². The number of hydrogen-bond acceptors (Lipinski definition) is 5. The van der Waals surface area contributed by atoms with Gasteiger partial charge in [0, 0.05) is 5.39 Å². The number of fused-ring (bicyclic) bond motifs is 1. The number of carbonyl (C=O) groups is 1. The summed E-state index contributed by atoms with van der Waals surface area (Å²) in [5.41, 5.74) is 6.32. The number of anilines is 1. The standard InChI is InChI=1S/C11H11NO5/c1-15-6-3-5-4-7(11(13)14)17-9(5)8(12)10(6)16-2/h3-4H,12H2,1-2H3,(H,13,14). The van der Waals surface area contributed by atoms with Crippen molar-refractivity contribution >= 4 is 22.6 Å². The molecule has 0 fully saturated rings. The van der Waals surface area contributed by atoms with Gasteiger partial charge in [-0.1, -0.05) is 0 Å². The predicted molar refractivity (Wildman–Crippen MR) is 60.7 cm³/mol. The first kappa shape index (κ1) is 11.1. The molecule has 3 N–H and O–H groups in total. The molecule has 2 aromatic rings. The maximum atomic E-state index is 10.8. The highest BCUT2D eigenvalue weighted by Crippen LogP contribution is 2.40. The van der Waals surface area contributed by atoms with E-state index in [1.165, 1.54) is 20.3 Å². The number of carboxylic acids is 1. The largest absolute Gasteiger partial charge is 0.493 e. The van der Waals surface area contributed by atoms with Gasteiger partial charge in [0.25, 0.3) is 0 Å². The second-order valence-corrected chi connectivity index (χ2v) is 3.36. The predicted octanol–water partition coefficient (Wildman–Crippen LogP) is 1.73. The third-order valence-corrected chi connectivity index (χ3v) is 2.40. The molecular formula is C11H11NO5. The number of benzene rings is 1. The van der Waals surface area contributed by atoms with Crippen LogP contribution in [0.3, 0.4) is 0 Å². The molecular weight excluding hydrogens is 226 g/mol. The van der Waals surface area contributed by atoms with Crippen LogP contribution in [0.4, 0.5) is 5.69 Å². The Morgan fingerprint density at radius 1 is 1.35 bits per heavy atom. The summed E-state index contributed by atoms with van der Waals surface area (Å²) in [7, 11) is 2.92. The zero-order chi connectivity index (χ0) is 12.6. The van der Waals surface area contributed by atoms with E-state index in [1.807, 2.05) is 0 Å². The van der Waals surface area contributed by atoms with E-state index in [9.17, 15) is 4.79 Å². The third kappa shape index (κ3) is 1.63. The highest BCUT2D eigenvalue weighted by Gasteiger charge is 2.18. The van der Waals surface area contributed by atoms with Crippen molar-refractivity contribution < 1.29 is 23.8 Å². The number of ether oxygens (including phenoxy) is 2. The molecule has 17 heavy (non-hydrogen) atoms. The van der Waals surface area contributed by atoms with Crippen LogP contribution in [0, 0.1) is 0 Å².